The molecular formula is C10H12N2O5. The summed E-state index contributed by atoms with van der Waals surface area (Å²) in [7, 11) is 0. The maximum Gasteiger partial charge on any atom is 0.334 e. The molecule has 92 valence electrons. The van der Waals surface area contributed by atoms with Gasteiger partial charge in [-0.15, -0.1) is 11.6 Å². The molecular weight excluding hydrogens is 228 g/mol. The molecule has 17 heavy (non-hydrogen) atoms. The third kappa shape index (κ3) is 2.90. The van der Waals surface area contributed by atoms with E-state index in [1.165, 1.54) is 18.4 Å². The lowest BCUT2D eigenvalue weighted by Crippen LogP contribution is -2.47. The van der Waals surface area contributed by atoms with Gasteiger partial charge in [-0.25, -0.2) is 4.79 Å². The minimum Gasteiger partial charge on any atom is -0.334 e. The molecule has 0 aliphatic carbocycles. The second kappa shape index (κ2) is 5.24. The zero-order chi connectivity index (χ0) is 13.0. The maximum atomic E-state index is 11.7. The van der Waals surface area contributed by atoms with Crippen LogP contribution in [0.4, 0.5) is 0 Å². The average Bonchev–Trinajstić information content (AvgIpc) is 2.21. The SMILES string of the molecule is C=CCC1C=CN(OC(C)=O)C(=O)C1[N+](=O)[O-]. The van der Waals surface area contributed by atoms with E-state index in [2.05, 4.69) is 11.4 Å². The summed E-state index contributed by atoms with van der Waals surface area (Å²) in [6, 6.07) is -1.45. The smallest absolute Gasteiger partial charge is 0.334 e. The molecule has 1 aliphatic heterocycles. The van der Waals surface area contributed by atoms with Crippen LogP contribution in [0.5, 0.6) is 0 Å². The first kappa shape index (κ1) is 12.9. The molecule has 0 spiro atoms. The van der Waals surface area contributed by atoms with Gasteiger partial charge in [0.1, 0.15) is 0 Å². The number of allylic oxidation sites excluding steroid dienone is 1. The summed E-state index contributed by atoms with van der Waals surface area (Å²) < 4.78 is 0. The van der Waals surface area contributed by atoms with E-state index in [-0.39, 0.29) is 0 Å². The van der Waals surface area contributed by atoms with Crippen molar-refractivity contribution < 1.29 is 19.3 Å². The minimum atomic E-state index is -1.45. The molecule has 0 bridgehead atoms. The number of hydrogen-bond donors (Lipinski definition) is 0. The van der Waals surface area contributed by atoms with Crippen molar-refractivity contribution in [2.75, 3.05) is 0 Å². The summed E-state index contributed by atoms with van der Waals surface area (Å²) >= 11 is 0. The number of nitro groups is 1. The van der Waals surface area contributed by atoms with Crippen LogP contribution in [-0.4, -0.2) is 27.9 Å². The Morgan fingerprint density at radius 1 is 1.76 bits per heavy atom. The van der Waals surface area contributed by atoms with Crippen LogP contribution in [0.3, 0.4) is 0 Å². The van der Waals surface area contributed by atoms with Crippen molar-refractivity contribution in [2.24, 2.45) is 5.92 Å². The van der Waals surface area contributed by atoms with E-state index in [1.54, 1.807) is 0 Å². The molecule has 0 aromatic rings. The molecule has 1 rings (SSSR count). The van der Waals surface area contributed by atoms with E-state index in [0.717, 1.165) is 6.92 Å². The van der Waals surface area contributed by atoms with Gasteiger partial charge < -0.3 is 4.84 Å². The third-order valence-electron chi connectivity index (χ3n) is 2.24. The molecule has 2 atom stereocenters. The first-order chi connectivity index (χ1) is 7.97. The average molecular weight is 240 g/mol. The second-order valence-electron chi connectivity index (χ2n) is 3.51. The van der Waals surface area contributed by atoms with Crippen LogP contribution in [0.1, 0.15) is 13.3 Å². The monoisotopic (exact) mass is 240 g/mol. The van der Waals surface area contributed by atoms with E-state index < -0.39 is 28.8 Å². The van der Waals surface area contributed by atoms with Gasteiger partial charge in [0.25, 0.3) is 6.04 Å². The van der Waals surface area contributed by atoms with Crippen LogP contribution in [0.15, 0.2) is 24.9 Å². The van der Waals surface area contributed by atoms with Crippen molar-refractivity contribution in [1.29, 1.82) is 0 Å². The maximum absolute atomic E-state index is 11.7. The van der Waals surface area contributed by atoms with Gasteiger partial charge in [0.05, 0.1) is 5.92 Å². The molecule has 0 aromatic carbocycles. The number of carbonyl (C=O) groups excluding carboxylic acids is 2. The van der Waals surface area contributed by atoms with Crippen LogP contribution in [-0.2, 0) is 14.4 Å². The van der Waals surface area contributed by atoms with E-state index >= 15 is 0 Å². The van der Waals surface area contributed by atoms with Crippen molar-refractivity contribution in [3.05, 3.63) is 35.0 Å². The Morgan fingerprint density at radius 2 is 2.41 bits per heavy atom. The lowest BCUT2D eigenvalue weighted by molar-refractivity contribution is -0.517. The van der Waals surface area contributed by atoms with Gasteiger partial charge >= 0.3 is 11.9 Å². The summed E-state index contributed by atoms with van der Waals surface area (Å²) in [5, 5.41) is 11.4. The molecule has 1 heterocycles. The molecule has 0 fully saturated rings. The van der Waals surface area contributed by atoms with Crippen molar-refractivity contribution in [2.45, 2.75) is 19.4 Å². The van der Waals surface area contributed by atoms with Crippen LogP contribution in [0, 0.1) is 16.0 Å². The fraction of sp³-hybridized carbons (Fsp3) is 0.400. The number of rotatable bonds is 4. The second-order valence-corrected chi connectivity index (χ2v) is 3.51. The number of nitrogens with zero attached hydrogens (tertiary/aromatic N) is 2. The molecule has 7 nitrogen and oxygen atoms in total. The fourth-order valence-corrected chi connectivity index (χ4v) is 1.54. The van der Waals surface area contributed by atoms with Gasteiger partial charge in [0.15, 0.2) is 0 Å². The van der Waals surface area contributed by atoms with Crippen LogP contribution in [0.25, 0.3) is 0 Å². The summed E-state index contributed by atoms with van der Waals surface area (Å²) in [5.74, 6) is -2.14. The predicted molar refractivity (Wildman–Crippen MR) is 56.8 cm³/mol. The normalized spacial score (nSPS) is 23.4. The summed E-state index contributed by atoms with van der Waals surface area (Å²) in [4.78, 5) is 37.1. The van der Waals surface area contributed by atoms with E-state index in [4.69, 9.17) is 0 Å². The molecule has 2 unspecified atom stereocenters. The Labute approximate surface area is 97.4 Å². The lowest BCUT2D eigenvalue weighted by atomic mass is 9.93. The predicted octanol–water partition coefficient (Wildman–Crippen LogP) is 0.658. The Morgan fingerprint density at radius 3 is 2.88 bits per heavy atom. The van der Waals surface area contributed by atoms with Crippen molar-refractivity contribution in [3.63, 3.8) is 0 Å². The Bertz CT molecular complexity index is 390. The molecule has 7 heteroatoms. The van der Waals surface area contributed by atoms with Gasteiger partial charge in [0, 0.05) is 18.0 Å². The van der Waals surface area contributed by atoms with Crippen LogP contribution < -0.4 is 0 Å². The Balaban J connectivity index is 2.94. The van der Waals surface area contributed by atoms with E-state index in [0.29, 0.717) is 11.5 Å². The largest absolute Gasteiger partial charge is 0.334 e. The molecule has 0 aromatic heterocycles. The number of amides is 1. The summed E-state index contributed by atoms with van der Waals surface area (Å²) in [5.41, 5.74) is 0. The molecule has 0 saturated carbocycles. The summed E-state index contributed by atoms with van der Waals surface area (Å²) in [6.45, 7) is 4.58. The Kier molecular flexibility index (Phi) is 3.97. The van der Waals surface area contributed by atoms with Gasteiger partial charge in [-0.3, -0.25) is 14.9 Å². The first-order valence-corrected chi connectivity index (χ1v) is 4.91. The molecule has 0 radical (unpaired) electrons. The number of hydroxylamine groups is 2. The highest BCUT2D eigenvalue weighted by molar-refractivity contribution is 5.83. The first-order valence-electron chi connectivity index (χ1n) is 4.91. The highest BCUT2D eigenvalue weighted by Crippen LogP contribution is 2.22. The third-order valence-corrected chi connectivity index (χ3v) is 2.24. The molecule has 1 aliphatic rings. The quantitative estimate of drug-likeness (QED) is 0.409. The van der Waals surface area contributed by atoms with E-state index in [1.807, 2.05) is 0 Å². The van der Waals surface area contributed by atoms with Crippen molar-refractivity contribution in [1.82, 2.24) is 5.06 Å². The zero-order valence-electron chi connectivity index (χ0n) is 9.24. The topological polar surface area (TPSA) is 89.8 Å². The van der Waals surface area contributed by atoms with Gasteiger partial charge in [-0.05, 0) is 6.42 Å². The van der Waals surface area contributed by atoms with Gasteiger partial charge in [-0.1, -0.05) is 12.2 Å². The lowest BCUT2D eigenvalue weighted by Gasteiger charge is -2.25. The number of hydrogen-bond acceptors (Lipinski definition) is 5. The molecule has 1 amide bonds. The molecule has 0 saturated heterocycles. The van der Waals surface area contributed by atoms with Crippen LogP contribution >= 0.6 is 0 Å². The fourth-order valence-electron chi connectivity index (χ4n) is 1.54. The standard InChI is InChI=1S/C10H12N2O5/c1-3-4-8-5-6-11(17-7(2)13)10(14)9(8)12(15)16/h3,5-6,8-9H,1,4H2,2H3. The van der Waals surface area contributed by atoms with Gasteiger partial charge in [0.2, 0.25) is 0 Å². The van der Waals surface area contributed by atoms with Crippen molar-refractivity contribution >= 4 is 11.9 Å². The highest BCUT2D eigenvalue weighted by atomic mass is 16.7. The number of carbonyl (C=O) groups is 2. The van der Waals surface area contributed by atoms with Gasteiger partial charge in [-0.2, -0.15) is 0 Å². The van der Waals surface area contributed by atoms with Crippen molar-refractivity contribution in [3.8, 4) is 0 Å². The highest BCUT2D eigenvalue weighted by Gasteiger charge is 2.43. The zero-order valence-corrected chi connectivity index (χ0v) is 9.24. The molecule has 0 N–H and O–H groups in total. The Hall–Kier alpha value is -2.18. The van der Waals surface area contributed by atoms with Crippen LogP contribution in [0.2, 0.25) is 0 Å². The van der Waals surface area contributed by atoms with E-state index in [9.17, 15) is 19.7 Å². The minimum absolute atomic E-state index is 0.307. The summed E-state index contributed by atoms with van der Waals surface area (Å²) in [6.07, 6.45) is 4.49.